The second-order valence-corrected chi connectivity index (χ2v) is 5.13. The molecule has 0 radical (unpaired) electrons. The Labute approximate surface area is 117 Å². The molecule has 2 aromatic rings. The summed E-state index contributed by atoms with van der Waals surface area (Å²) in [6.07, 6.45) is -3.85. The lowest BCUT2D eigenvalue weighted by Crippen LogP contribution is -2.29. The third-order valence-corrected chi connectivity index (χ3v) is 3.87. The van der Waals surface area contributed by atoms with Crippen molar-refractivity contribution in [2.24, 2.45) is 5.84 Å². The molecule has 0 bridgehead atoms. The van der Waals surface area contributed by atoms with E-state index >= 15 is 0 Å². The minimum atomic E-state index is -4.32. The largest absolute Gasteiger partial charge is 0.416 e. The Kier molecular flexibility index (Phi) is 4.36. The van der Waals surface area contributed by atoms with Crippen LogP contribution < -0.4 is 11.3 Å². The molecule has 0 saturated heterocycles. The Morgan fingerprint density at radius 3 is 2.40 bits per heavy atom. The van der Waals surface area contributed by atoms with Gasteiger partial charge in [0.2, 0.25) is 0 Å². The summed E-state index contributed by atoms with van der Waals surface area (Å²) in [6, 6.07) is 4.83. The number of hydrogen-bond donors (Lipinski definition) is 2. The van der Waals surface area contributed by atoms with E-state index in [9.17, 15) is 13.2 Å². The minimum absolute atomic E-state index is 0.216. The van der Waals surface area contributed by atoms with Gasteiger partial charge in [-0.1, -0.05) is 16.6 Å². The SMILES string of the molecule is Cc1nnsc1C(Cc1ccc(C(F)(F)F)cc1)NN. The number of benzene rings is 1. The molecule has 0 aliphatic carbocycles. The standard InChI is InChI=1S/C12H13F3N4S/c1-7-11(20-19-18-7)10(17-16)6-8-2-4-9(5-3-8)12(13,14)15/h2-5,10,17H,6,16H2,1H3. The van der Waals surface area contributed by atoms with Gasteiger partial charge in [-0.15, -0.1) is 5.10 Å². The lowest BCUT2D eigenvalue weighted by Gasteiger charge is -2.15. The first-order valence-electron chi connectivity index (χ1n) is 5.83. The third kappa shape index (κ3) is 3.33. The number of nitrogens with one attached hydrogen (secondary N) is 1. The van der Waals surface area contributed by atoms with Crippen LogP contribution in [0.15, 0.2) is 24.3 Å². The average molecular weight is 302 g/mol. The molecule has 8 heteroatoms. The number of hydrogen-bond acceptors (Lipinski definition) is 5. The lowest BCUT2D eigenvalue weighted by atomic mass is 10.0. The van der Waals surface area contributed by atoms with Crippen LogP contribution in [0.25, 0.3) is 0 Å². The first kappa shape index (κ1) is 14.9. The Bertz CT molecular complexity index is 565. The summed E-state index contributed by atoms with van der Waals surface area (Å²) in [5, 5.41) is 3.90. The molecule has 0 saturated carbocycles. The molecule has 20 heavy (non-hydrogen) atoms. The van der Waals surface area contributed by atoms with Crippen LogP contribution in [0.3, 0.4) is 0 Å². The monoisotopic (exact) mass is 302 g/mol. The van der Waals surface area contributed by atoms with Crippen LogP contribution >= 0.6 is 11.5 Å². The van der Waals surface area contributed by atoms with E-state index < -0.39 is 11.7 Å². The predicted molar refractivity (Wildman–Crippen MR) is 69.9 cm³/mol. The second kappa shape index (κ2) is 5.86. The van der Waals surface area contributed by atoms with E-state index in [2.05, 4.69) is 15.0 Å². The number of aromatic nitrogens is 2. The van der Waals surface area contributed by atoms with Gasteiger partial charge in [0, 0.05) is 0 Å². The number of hydrazine groups is 1. The van der Waals surface area contributed by atoms with Crippen LogP contribution in [-0.2, 0) is 12.6 Å². The molecule has 0 aliphatic rings. The van der Waals surface area contributed by atoms with E-state index in [1.165, 1.54) is 23.7 Å². The summed E-state index contributed by atoms with van der Waals surface area (Å²) in [4.78, 5) is 0.882. The fourth-order valence-corrected chi connectivity index (χ4v) is 2.55. The van der Waals surface area contributed by atoms with Gasteiger partial charge in [0.25, 0.3) is 0 Å². The number of halogens is 3. The number of nitrogens with zero attached hydrogens (tertiary/aromatic N) is 2. The Morgan fingerprint density at radius 2 is 1.95 bits per heavy atom. The van der Waals surface area contributed by atoms with Gasteiger partial charge >= 0.3 is 6.18 Å². The Hall–Kier alpha value is -1.51. The number of nitrogens with two attached hydrogens (primary N) is 1. The normalized spacial score (nSPS) is 13.4. The van der Waals surface area contributed by atoms with Crippen molar-refractivity contribution in [1.82, 2.24) is 15.0 Å². The highest BCUT2D eigenvalue weighted by atomic mass is 32.1. The highest BCUT2D eigenvalue weighted by molar-refractivity contribution is 7.05. The maximum atomic E-state index is 12.5. The van der Waals surface area contributed by atoms with Crippen LogP contribution in [0.1, 0.15) is 27.7 Å². The smallest absolute Gasteiger partial charge is 0.271 e. The fraction of sp³-hybridized carbons (Fsp3) is 0.333. The predicted octanol–water partition coefficient (Wildman–Crippen LogP) is 2.61. The van der Waals surface area contributed by atoms with Crippen LogP contribution in [0.4, 0.5) is 13.2 Å². The van der Waals surface area contributed by atoms with Gasteiger partial charge in [0.1, 0.15) is 0 Å². The van der Waals surface area contributed by atoms with Gasteiger partial charge in [-0.2, -0.15) is 13.2 Å². The summed E-state index contributed by atoms with van der Waals surface area (Å²) >= 11 is 1.23. The van der Waals surface area contributed by atoms with Gasteiger partial charge < -0.3 is 0 Å². The van der Waals surface area contributed by atoms with E-state index in [-0.39, 0.29) is 6.04 Å². The van der Waals surface area contributed by atoms with Gasteiger partial charge in [-0.3, -0.25) is 11.3 Å². The molecular formula is C12H13F3N4S. The molecule has 0 fully saturated rings. The van der Waals surface area contributed by atoms with Crippen molar-refractivity contribution in [3.63, 3.8) is 0 Å². The summed E-state index contributed by atoms with van der Waals surface area (Å²) in [5.41, 5.74) is 3.52. The molecule has 108 valence electrons. The second-order valence-electron chi connectivity index (χ2n) is 4.34. The summed E-state index contributed by atoms with van der Waals surface area (Å²) < 4.78 is 41.3. The topological polar surface area (TPSA) is 63.8 Å². The van der Waals surface area contributed by atoms with E-state index in [1.807, 2.05) is 6.92 Å². The zero-order valence-corrected chi connectivity index (χ0v) is 11.4. The van der Waals surface area contributed by atoms with Gasteiger partial charge in [-0.25, -0.2) is 0 Å². The molecule has 1 aromatic carbocycles. The van der Waals surface area contributed by atoms with Crippen LogP contribution in [0, 0.1) is 6.92 Å². The van der Waals surface area contributed by atoms with Crippen molar-refractivity contribution in [2.45, 2.75) is 25.6 Å². The maximum absolute atomic E-state index is 12.5. The molecule has 0 aliphatic heterocycles. The minimum Gasteiger partial charge on any atom is -0.271 e. The highest BCUT2D eigenvalue weighted by Crippen LogP contribution is 2.30. The van der Waals surface area contributed by atoms with Gasteiger partial charge in [-0.05, 0) is 42.6 Å². The average Bonchev–Trinajstić information content (AvgIpc) is 2.82. The molecule has 3 N–H and O–H groups in total. The summed E-state index contributed by atoms with van der Waals surface area (Å²) in [7, 11) is 0. The van der Waals surface area contributed by atoms with Crippen molar-refractivity contribution < 1.29 is 13.2 Å². The molecule has 1 heterocycles. The molecule has 1 aromatic heterocycles. The fourth-order valence-electron chi connectivity index (χ4n) is 1.85. The molecular weight excluding hydrogens is 289 g/mol. The molecule has 4 nitrogen and oxygen atoms in total. The van der Waals surface area contributed by atoms with Gasteiger partial charge in [0.15, 0.2) is 0 Å². The van der Waals surface area contributed by atoms with Crippen LogP contribution in [-0.4, -0.2) is 9.59 Å². The number of alkyl halides is 3. The highest BCUT2D eigenvalue weighted by Gasteiger charge is 2.30. The zero-order valence-electron chi connectivity index (χ0n) is 10.6. The molecule has 1 unspecified atom stereocenters. The van der Waals surface area contributed by atoms with Crippen molar-refractivity contribution >= 4 is 11.5 Å². The van der Waals surface area contributed by atoms with E-state index in [1.54, 1.807) is 0 Å². The van der Waals surface area contributed by atoms with E-state index in [4.69, 9.17) is 5.84 Å². The first-order valence-corrected chi connectivity index (χ1v) is 6.60. The van der Waals surface area contributed by atoms with Crippen molar-refractivity contribution in [2.75, 3.05) is 0 Å². The van der Waals surface area contributed by atoms with Crippen molar-refractivity contribution in [1.29, 1.82) is 0 Å². The molecule has 0 spiro atoms. The first-order chi connectivity index (χ1) is 9.41. The summed E-state index contributed by atoms with van der Waals surface area (Å²) in [5.74, 6) is 5.50. The Morgan fingerprint density at radius 1 is 1.30 bits per heavy atom. The number of rotatable bonds is 4. The Balaban J connectivity index is 2.15. The lowest BCUT2D eigenvalue weighted by molar-refractivity contribution is -0.137. The van der Waals surface area contributed by atoms with Crippen LogP contribution in [0.2, 0.25) is 0 Å². The molecule has 0 amide bonds. The zero-order chi connectivity index (χ0) is 14.8. The quantitative estimate of drug-likeness (QED) is 0.673. The van der Waals surface area contributed by atoms with E-state index in [0.29, 0.717) is 6.42 Å². The van der Waals surface area contributed by atoms with Gasteiger partial charge in [0.05, 0.1) is 22.2 Å². The molecule has 2 rings (SSSR count). The maximum Gasteiger partial charge on any atom is 0.416 e. The third-order valence-electron chi connectivity index (χ3n) is 2.93. The summed E-state index contributed by atoms with van der Waals surface area (Å²) in [6.45, 7) is 1.82. The van der Waals surface area contributed by atoms with Crippen molar-refractivity contribution in [3.8, 4) is 0 Å². The van der Waals surface area contributed by atoms with E-state index in [0.717, 1.165) is 28.3 Å². The number of aryl methyl sites for hydroxylation is 1. The molecule has 1 atom stereocenters. The van der Waals surface area contributed by atoms with Crippen LogP contribution in [0.5, 0.6) is 0 Å². The van der Waals surface area contributed by atoms with Crippen molar-refractivity contribution in [3.05, 3.63) is 46.0 Å².